The Balaban J connectivity index is 2.69. The highest BCUT2D eigenvalue weighted by atomic mass is 32.2. The minimum atomic E-state index is -3.35. The summed E-state index contributed by atoms with van der Waals surface area (Å²) in [5, 5.41) is 9.00. The zero-order valence-electron chi connectivity index (χ0n) is 12.4. The lowest BCUT2D eigenvalue weighted by Crippen LogP contribution is -2.34. The number of aliphatic hydroxyl groups is 1. The number of ether oxygens (including phenoxy) is 1. The van der Waals surface area contributed by atoms with Crippen LogP contribution in [0.1, 0.15) is 5.56 Å². The Kier molecular flexibility index (Phi) is 7.84. The minimum Gasteiger partial charge on any atom is -0.395 e. The molecule has 0 radical (unpaired) electrons. The van der Waals surface area contributed by atoms with E-state index in [0.717, 1.165) is 5.56 Å². The standard InChI is InChI=1S/C14H24N2O4S/c1-20-9-6-16(5-8-17)7-10-21(18,19)14-4-2-3-13(11-14)12-15/h2-4,11,17H,5-10,12,15H2,1H3. The Morgan fingerprint density at radius 1 is 1.29 bits per heavy atom. The van der Waals surface area contributed by atoms with Crippen LogP contribution in [0.25, 0.3) is 0 Å². The summed E-state index contributed by atoms with van der Waals surface area (Å²) in [5.74, 6) is 0.00470. The first-order chi connectivity index (χ1) is 10.0. The number of benzene rings is 1. The van der Waals surface area contributed by atoms with Crippen molar-refractivity contribution in [3.8, 4) is 0 Å². The van der Waals surface area contributed by atoms with Crippen LogP contribution in [0.15, 0.2) is 29.2 Å². The van der Waals surface area contributed by atoms with E-state index in [-0.39, 0.29) is 12.4 Å². The summed E-state index contributed by atoms with van der Waals surface area (Å²) in [7, 11) is -1.76. The van der Waals surface area contributed by atoms with Crippen molar-refractivity contribution in [1.82, 2.24) is 4.90 Å². The van der Waals surface area contributed by atoms with Crippen LogP contribution in [-0.4, -0.2) is 64.1 Å². The molecule has 7 heteroatoms. The number of aliphatic hydroxyl groups excluding tert-OH is 1. The summed E-state index contributed by atoms with van der Waals surface area (Å²) in [6, 6.07) is 6.70. The van der Waals surface area contributed by atoms with Gasteiger partial charge in [-0.25, -0.2) is 8.42 Å². The van der Waals surface area contributed by atoms with Gasteiger partial charge in [-0.1, -0.05) is 12.1 Å². The Bertz CT molecular complexity index is 519. The van der Waals surface area contributed by atoms with E-state index in [4.69, 9.17) is 15.6 Å². The SMILES string of the molecule is COCCN(CCO)CCS(=O)(=O)c1cccc(CN)c1. The third-order valence-electron chi connectivity index (χ3n) is 3.20. The summed E-state index contributed by atoms with van der Waals surface area (Å²) in [4.78, 5) is 2.16. The number of hydrogen-bond acceptors (Lipinski definition) is 6. The lowest BCUT2D eigenvalue weighted by atomic mass is 10.2. The van der Waals surface area contributed by atoms with Gasteiger partial charge in [-0.15, -0.1) is 0 Å². The summed E-state index contributed by atoms with van der Waals surface area (Å²) in [6.07, 6.45) is 0. The molecule has 120 valence electrons. The van der Waals surface area contributed by atoms with E-state index in [1.165, 1.54) is 0 Å². The first kappa shape index (κ1) is 18.1. The molecule has 1 aromatic rings. The van der Waals surface area contributed by atoms with Gasteiger partial charge in [-0.2, -0.15) is 0 Å². The van der Waals surface area contributed by atoms with E-state index in [1.54, 1.807) is 31.4 Å². The number of hydrogen-bond donors (Lipinski definition) is 2. The second-order valence-corrected chi connectivity index (χ2v) is 6.84. The lowest BCUT2D eigenvalue weighted by Gasteiger charge is -2.20. The van der Waals surface area contributed by atoms with E-state index in [0.29, 0.717) is 37.7 Å². The number of nitrogens with two attached hydrogens (primary N) is 1. The second-order valence-electron chi connectivity index (χ2n) is 4.73. The fourth-order valence-corrected chi connectivity index (χ4v) is 3.28. The number of nitrogens with zero attached hydrogens (tertiary/aromatic N) is 1. The molecule has 0 fully saturated rings. The van der Waals surface area contributed by atoms with Crippen LogP contribution in [0.3, 0.4) is 0 Å². The Hall–Kier alpha value is -0.990. The van der Waals surface area contributed by atoms with Crippen molar-refractivity contribution in [2.45, 2.75) is 11.4 Å². The van der Waals surface area contributed by atoms with Gasteiger partial charge in [0.1, 0.15) is 0 Å². The first-order valence-corrected chi connectivity index (χ1v) is 8.52. The molecule has 0 atom stereocenters. The van der Waals surface area contributed by atoms with Gasteiger partial charge in [0, 0.05) is 33.3 Å². The Morgan fingerprint density at radius 2 is 2.05 bits per heavy atom. The Labute approximate surface area is 126 Å². The molecule has 1 rings (SSSR count). The summed E-state index contributed by atoms with van der Waals surface area (Å²) in [5.41, 5.74) is 6.33. The summed E-state index contributed by atoms with van der Waals surface area (Å²) < 4.78 is 29.6. The van der Waals surface area contributed by atoms with Crippen LogP contribution in [0.2, 0.25) is 0 Å². The maximum absolute atomic E-state index is 12.3. The van der Waals surface area contributed by atoms with E-state index < -0.39 is 9.84 Å². The average molecular weight is 316 g/mol. The first-order valence-electron chi connectivity index (χ1n) is 6.87. The fraction of sp³-hybridized carbons (Fsp3) is 0.571. The van der Waals surface area contributed by atoms with Crippen molar-refractivity contribution in [2.75, 3.05) is 45.7 Å². The van der Waals surface area contributed by atoms with Gasteiger partial charge in [0.15, 0.2) is 9.84 Å². The third-order valence-corrected chi connectivity index (χ3v) is 4.89. The van der Waals surface area contributed by atoms with Gasteiger partial charge in [-0.05, 0) is 17.7 Å². The maximum Gasteiger partial charge on any atom is 0.179 e. The molecule has 21 heavy (non-hydrogen) atoms. The topological polar surface area (TPSA) is 92.9 Å². The van der Waals surface area contributed by atoms with Crippen LogP contribution in [-0.2, 0) is 21.1 Å². The van der Waals surface area contributed by atoms with Crippen molar-refractivity contribution in [3.63, 3.8) is 0 Å². The van der Waals surface area contributed by atoms with Crippen LogP contribution in [0, 0.1) is 0 Å². The monoisotopic (exact) mass is 316 g/mol. The maximum atomic E-state index is 12.3. The molecule has 0 aliphatic rings. The quantitative estimate of drug-likeness (QED) is 0.624. The number of rotatable bonds is 10. The van der Waals surface area contributed by atoms with Gasteiger partial charge in [0.2, 0.25) is 0 Å². The molecule has 0 aliphatic heterocycles. The van der Waals surface area contributed by atoms with E-state index in [1.807, 2.05) is 4.90 Å². The van der Waals surface area contributed by atoms with E-state index in [9.17, 15) is 8.42 Å². The smallest absolute Gasteiger partial charge is 0.179 e. The molecule has 0 amide bonds. The highest BCUT2D eigenvalue weighted by molar-refractivity contribution is 7.91. The van der Waals surface area contributed by atoms with Gasteiger partial charge in [-0.3, -0.25) is 4.90 Å². The van der Waals surface area contributed by atoms with Crippen LogP contribution in [0.5, 0.6) is 0 Å². The molecule has 0 bridgehead atoms. The molecule has 0 saturated heterocycles. The van der Waals surface area contributed by atoms with Crippen molar-refractivity contribution in [3.05, 3.63) is 29.8 Å². The van der Waals surface area contributed by atoms with Gasteiger partial charge >= 0.3 is 0 Å². The number of sulfone groups is 1. The van der Waals surface area contributed by atoms with Crippen LogP contribution >= 0.6 is 0 Å². The molecule has 0 spiro atoms. The summed E-state index contributed by atoms with van der Waals surface area (Å²) in [6.45, 7) is 2.19. The third kappa shape index (κ3) is 6.11. The van der Waals surface area contributed by atoms with Crippen LogP contribution in [0.4, 0.5) is 0 Å². The molecule has 0 aromatic heterocycles. The van der Waals surface area contributed by atoms with Crippen molar-refractivity contribution >= 4 is 9.84 Å². The molecule has 3 N–H and O–H groups in total. The number of methoxy groups -OCH3 is 1. The fourth-order valence-electron chi connectivity index (χ4n) is 1.93. The summed E-state index contributed by atoms with van der Waals surface area (Å²) >= 11 is 0. The molecule has 0 saturated carbocycles. The van der Waals surface area contributed by atoms with Crippen LogP contribution < -0.4 is 5.73 Å². The molecular weight excluding hydrogens is 292 g/mol. The van der Waals surface area contributed by atoms with Gasteiger partial charge in [0.25, 0.3) is 0 Å². The molecule has 0 aliphatic carbocycles. The zero-order chi connectivity index (χ0) is 15.7. The molecular formula is C14H24N2O4S. The second kappa shape index (κ2) is 9.11. The van der Waals surface area contributed by atoms with E-state index in [2.05, 4.69) is 0 Å². The van der Waals surface area contributed by atoms with Crippen molar-refractivity contribution in [2.24, 2.45) is 5.73 Å². The largest absolute Gasteiger partial charge is 0.395 e. The molecule has 6 nitrogen and oxygen atoms in total. The highest BCUT2D eigenvalue weighted by Crippen LogP contribution is 2.13. The zero-order valence-corrected chi connectivity index (χ0v) is 13.2. The average Bonchev–Trinajstić information content (AvgIpc) is 2.50. The van der Waals surface area contributed by atoms with Crippen molar-refractivity contribution in [1.29, 1.82) is 0 Å². The predicted molar refractivity (Wildman–Crippen MR) is 81.8 cm³/mol. The Morgan fingerprint density at radius 3 is 2.67 bits per heavy atom. The lowest BCUT2D eigenvalue weighted by molar-refractivity contribution is 0.135. The van der Waals surface area contributed by atoms with Gasteiger partial charge in [0.05, 0.1) is 23.9 Å². The molecule has 0 heterocycles. The highest BCUT2D eigenvalue weighted by Gasteiger charge is 2.16. The predicted octanol–water partition coefficient (Wildman–Crippen LogP) is -0.140. The minimum absolute atomic E-state index is 0.00470. The molecule has 1 aromatic carbocycles. The van der Waals surface area contributed by atoms with Crippen molar-refractivity contribution < 1.29 is 18.3 Å². The van der Waals surface area contributed by atoms with E-state index >= 15 is 0 Å². The van der Waals surface area contributed by atoms with Gasteiger partial charge < -0.3 is 15.6 Å². The molecule has 0 unspecified atom stereocenters. The normalized spacial score (nSPS) is 12.0.